The third-order valence-electron chi connectivity index (χ3n) is 3.11. The van der Waals surface area contributed by atoms with Gasteiger partial charge in [0.1, 0.15) is 17.5 Å². The molecule has 0 unspecified atom stereocenters. The number of halogens is 1. The topological polar surface area (TPSA) is 49.8 Å². The van der Waals surface area contributed by atoms with Crippen molar-refractivity contribution in [1.29, 1.82) is 0 Å². The van der Waals surface area contributed by atoms with Gasteiger partial charge in [-0.05, 0) is 25.5 Å². The van der Waals surface area contributed by atoms with E-state index in [2.05, 4.69) is 34.4 Å². The second-order valence-corrected chi connectivity index (χ2v) is 6.60. The molecule has 114 valence electrons. The van der Waals surface area contributed by atoms with Crippen LogP contribution in [0.1, 0.15) is 36.5 Å². The Labute approximate surface area is 135 Å². The van der Waals surface area contributed by atoms with Gasteiger partial charge in [-0.25, -0.2) is 9.97 Å². The average molecular weight is 325 g/mol. The lowest BCUT2D eigenvalue weighted by Gasteiger charge is -2.14. The molecule has 4 nitrogen and oxygen atoms in total. The van der Waals surface area contributed by atoms with Crippen LogP contribution in [0, 0.1) is 6.92 Å². The molecule has 2 rings (SSSR count). The largest absolute Gasteiger partial charge is 0.370 e. The van der Waals surface area contributed by atoms with Gasteiger partial charge in [0.05, 0.1) is 10.9 Å². The first kappa shape index (κ1) is 16.0. The van der Waals surface area contributed by atoms with Gasteiger partial charge < -0.3 is 10.6 Å². The Balaban J connectivity index is 2.16. The molecule has 0 saturated carbocycles. The van der Waals surface area contributed by atoms with Crippen LogP contribution in [0.5, 0.6) is 0 Å². The minimum absolute atomic E-state index is 0.728. The maximum absolute atomic E-state index is 5.96. The van der Waals surface area contributed by atoms with E-state index in [0.717, 1.165) is 53.3 Å². The van der Waals surface area contributed by atoms with Crippen LogP contribution in [0.3, 0.4) is 0 Å². The molecule has 0 radical (unpaired) electrons. The van der Waals surface area contributed by atoms with Crippen LogP contribution in [-0.2, 0) is 13.0 Å². The van der Waals surface area contributed by atoms with Crippen LogP contribution in [-0.4, -0.2) is 16.5 Å². The van der Waals surface area contributed by atoms with Crippen molar-refractivity contribution in [2.24, 2.45) is 0 Å². The summed E-state index contributed by atoms with van der Waals surface area (Å²) in [6.45, 7) is 7.90. The lowest BCUT2D eigenvalue weighted by Crippen LogP contribution is -2.11. The molecule has 0 fully saturated rings. The van der Waals surface area contributed by atoms with Gasteiger partial charge in [0.2, 0.25) is 0 Å². The SMILES string of the molecule is CCCNc1nc(CC)nc(NCc2ccc(Cl)s2)c1C. The van der Waals surface area contributed by atoms with E-state index in [0.29, 0.717) is 0 Å². The third kappa shape index (κ3) is 4.32. The van der Waals surface area contributed by atoms with Crippen molar-refractivity contribution < 1.29 is 0 Å². The minimum atomic E-state index is 0.728. The van der Waals surface area contributed by atoms with E-state index in [1.807, 2.05) is 19.1 Å². The molecule has 0 atom stereocenters. The van der Waals surface area contributed by atoms with Gasteiger partial charge in [-0.3, -0.25) is 0 Å². The quantitative estimate of drug-likeness (QED) is 0.787. The zero-order valence-corrected chi connectivity index (χ0v) is 14.2. The van der Waals surface area contributed by atoms with Crippen molar-refractivity contribution in [3.8, 4) is 0 Å². The van der Waals surface area contributed by atoms with Crippen molar-refractivity contribution in [3.05, 3.63) is 32.7 Å². The summed E-state index contributed by atoms with van der Waals surface area (Å²) >= 11 is 7.54. The van der Waals surface area contributed by atoms with Crippen LogP contribution >= 0.6 is 22.9 Å². The molecule has 0 aromatic carbocycles. The maximum atomic E-state index is 5.96. The van der Waals surface area contributed by atoms with E-state index in [9.17, 15) is 0 Å². The fraction of sp³-hybridized carbons (Fsp3) is 0.467. The Morgan fingerprint density at radius 1 is 1.14 bits per heavy atom. The number of rotatable bonds is 7. The van der Waals surface area contributed by atoms with E-state index < -0.39 is 0 Å². The van der Waals surface area contributed by atoms with Crippen LogP contribution in [0.2, 0.25) is 4.34 Å². The first-order chi connectivity index (χ1) is 10.1. The van der Waals surface area contributed by atoms with Crippen LogP contribution in [0.25, 0.3) is 0 Å². The highest BCUT2D eigenvalue weighted by Gasteiger charge is 2.10. The summed E-state index contributed by atoms with van der Waals surface area (Å²) in [5, 5.41) is 6.77. The minimum Gasteiger partial charge on any atom is -0.370 e. The molecule has 0 aliphatic rings. The van der Waals surface area contributed by atoms with Gasteiger partial charge in [0.25, 0.3) is 0 Å². The number of nitrogens with one attached hydrogen (secondary N) is 2. The Morgan fingerprint density at radius 3 is 2.43 bits per heavy atom. The molecular weight excluding hydrogens is 304 g/mol. The second kappa shape index (κ2) is 7.61. The lowest BCUT2D eigenvalue weighted by atomic mass is 10.2. The average Bonchev–Trinajstić information content (AvgIpc) is 2.90. The Hall–Kier alpha value is -1.33. The zero-order valence-electron chi connectivity index (χ0n) is 12.7. The second-order valence-electron chi connectivity index (χ2n) is 4.80. The third-order valence-corrected chi connectivity index (χ3v) is 4.34. The van der Waals surface area contributed by atoms with Gasteiger partial charge >= 0.3 is 0 Å². The predicted molar refractivity (Wildman–Crippen MR) is 91.6 cm³/mol. The van der Waals surface area contributed by atoms with Gasteiger partial charge in [-0.1, -0.05) is 25.4 Å². The predicted octanol–water partition coefficient (Wildman–Crippen LogP) is 4.50. The van der Waals surface area contributed by atoms with Crippen molar-refractivity contribution in [2.75, 3.05) is 17.2 Å². The van der Waals surface area contributed by atoms with Gasteiger partial charge in [0.15, 0.2) is 0 Å². The summed E-state index contributed by atoms with van der Waals surface area (Å²) in [5.41, 5.74) is 1.06. The molecule has 0 saturated heterocycles. The first-order valence-electron chi connectivity index (χ1n) is 7.23. The Kier molecular flexibility index (Phi) is 5.82. The smallest absolute Gasteiger partial charge is 0.135 e. The summed E-state index contributed by atoms with van der Waals surface area (Å²) in [6, 6.07) is 3.95. The highest BCUT2D eigenvalue weighted by atomic mass is 35.5. The fourth-order valence-corrected chi connectivity index (χ4v) is 2.95. The first-order valence-corrected chi connectivity index (χ1v) is 8.43. The molecular formula is C15H21ClN4S. The Morgan fingerprint density at radius 2 is 1.86 bits per heavy atom. The maximum Gasteiger partial charge on any atom is 0.135 e. The Bertz CT molecular complexity index is 597. The highest BCUT2D eigenvalue weighted by molar-refractivity contribution is 7.16. The highest BCUT2D eigenvalue weighted by Crippen LogP contribution is 2.24. The van der Waals surface area contributed by atoms with Crippen molar-refractivity contribution >= 4 is 34.6 Å². The summed E-state index contributed by atoms with van der Waals surface area (Å²) in [4.78, 5) is 10.4. The molecule has 0 aliphatic carbocycles. The summed E-state index contributed by atoms with van der Waals surface area (Å²) in [6.07, 6.45) is 1.89. The number of hydrogen-bond donors (Lipinski definition) is 2. The van der Waals surface area contributed by atoms with E-state index >= 15 is 0 Å². The molecule has 0 bridgehead atoms. The summed E-state index contributed by atoms with van der Waals surface area (Å²) < 4.78 is 0.811. The number of nitrogens with zero attached hydrogens (tertiary/aromatic N) is 2. The molecule has 0 spiro atoms. The number of thiophene rings is 1. The van der Waals surface area contributed by atoms with E-state index in [4.69, 9.17) is 11.6 Å². The number of anilines is 2. The lowest BCUT2D eigenvalue weighted by molar-refractivity contribution is 0.904. The molecule has 2 N–H and O–H groups in total. The summed E-state index contributed by atoms with van der Waals surface area (Å²) in [5.74, 6) is 2.67. The number of aromatic nitrogens is 2. The standard InChI is InChI=1S/C15H21ClN4S/c1-4-8-17-14-10(3)15(20-13(5-2)19-14)18-9-11-6-7-12(16)21-11/h6-7H,4-5,8-9H2,1-3H3,(H2,17,18,19,20). The van der Waals surface area contributed by atoms with Crippen LogP contribution in [0.4, 0.5) is 11.6 Å². The summed E-state index contributed by atoms with van der Waals surface area (Å²) in [7, 11) is 0. The van der Waals surface area contributed by atoms with Gasteiger partial charge in [0, 0.05) is 23.4 Å². The van der Waals surface area contributed by atoms with Crippen molar-refractivity contribution in [1.82, 2.24) is 9.97 Å². The molecule has 2 aromatic heterocycles. The number of aryl methyl sites for hydroxylation is 1. The van der Waals surface area contributed by atoms with Crippen LogP contribution < -0.4 is 10.6 Å². The van der Waals surface area contributed by atoms with E-state index in [1.165, 1.54) is 4.88 Å². The normalized spacial score (nSPS) is 10.7. The van der Waals surface area contributed by atoms with Crippen molar-refractivity contribution in [2.45, 2.75) is 40.2 Å². The van der Waals surface area contributed by atoms with Gasteiger partial charge in [-0.15, -0.1) is 11.3 Å². The monoisotopic (exact) mass is 324 g/mol. The van der Waals surface area contributed by atoms with Crippen LogP contribution in [0.15, 0.2) is 12.1 Å². The molecule has 0 amide bonds. The fourth-order valence-electron chi connectivity index (χ4n) is 1.93. The van der Waals surface area contributed by atoms with E-state index in [1.54, 1.807) is 11.3 Å². The molecule has 2 heterocycles. The van der Waals surface area contributed by atoms with E-state index in [-0.39, 0.29) is 0 Å². The molecule has 0 aliphatic heterocycles. The van der Waals surface area contributed by atoms with Gasteiger partial charge in [-0.2, -0.15) is 0 Å². The molecule has 21 heavy (non-hydrogen) atoms. The number of hydrogen-bond acceptors (Lipinski definition) is 5. The van der Waals surface area contributed by atoms with Crippen molar-refractivity contribution in [3.63, 3.8) is 0 Å². The zero-order chi connectivity index (χ0) is 15.2. The molecule has 6 heteroatoms. The molecule has 2 aromatic rings.